The fourth-order valence-corrected chi connectivity index (χ4v) is 1.45. The highest BCUT2D eigenvalue weighted by molar-refractivity contribution is 5.72. The summed E-state index contributed by atoms with van der Waals surface area (Å²) in [6, 6.07) is 9.95. The van der Waals surface area contributed by atoms with Crippen molar-refractivity contribution in [3.05, 3.63) is 42.0 Å². The van der Waals surface area contributed by atoms with E-state index in [4.69, 9.17) is 4.74 Å². The average molecular weight is 203 g/mol. The van der Waals surface area contributed by atoms with Crippen LogP contribution < -0.4 is 5.32 Å². The quantitative estimate of drug-likeness (QED) is 0.800. The van der Waals surface area contributed by atoms with E-state index >= 15 is 0 Å². The van der Waals surface area contributed by atoms with E-state index < -0.39 is 0 Å². The Morgan fingerprint density at radius 3 is 2.73 bits per heavy atom. The smallest absolute Gasteiger partial charge is 0.408 e. The van der Waals surface area contributed by atoms with Gasteiger partial charge in [-0.2, -0.15) is 0 Å². The van der Waals surface area contributed by atoms with Gasteiger partial charge in [-0.15, -0.1) is 0 Å². The Kier molecular flexibility index (Phi) is 2.46. The number of benzene rings is 1. The molecule has 1 aliphatic heterocycles. The van der Waals surface area contributed by atoms with Gasteiger partial charge in [0.05, 0.1) is 5.54 Å². The summed E-state index contributed by atoms with van der Waals surface area (Å²) in [5.41, 5.74) is 0.729. The Balaban J connectivity index is 2.09. The molecule has 1 atom stereocenters. The molecule has 0 spiro atoms. The third-order valence-electron chi connectivity index (χ3n) is 2.33. The molecule has 3 heteroatoms. The van der Waals surface area contributed by atoms with Gasteiger partial charge >= 0.3 is 6.09 Å². The molecule has 3 nitrogen and oxygen atoms in total. The van der Waals surface area contributed by atoms with E-state index in [1.54, 1.807) is 0 Å². The van der Waals surface area contributed by atoms with Crippen LogP contribution in [0.4, 0.5) is 4.79 Å². The molecule has 0 aliphatic carbocycles. The number of hydrogen-bond donors (Lipinski definition) is 1. The first kappa shape index (κ1) is 9.77. The topological polar surface area (TPSA) is 38.3 Å². The van der Waals surface area contributed by atoms with Crippen molar-refractivity contribution in [2.75, 3.05) is 6.61 Å². The van der Waals surface area contributed by atoms with E-state index in [1.165, 1.54) is 0 Å². The zero-order valence-corrected chi connectivity index (χ0v) is 8.57. The molecule has 1 aromatic carbocycles. The number of carbonyl (C=O) groups is 1. The van der Waals surface area contributed by atoms with Gasteiger partial charge in [0.1, 0.15) is 6.61 Å². The largest absolute Gasteiger partial charge is 0.447 e. The van der Waals surface area contributed by atoms with Crippen LogP contribution in [-0.4, -0.2) is 18.2 Å². The maximum atomic E-state index is 10.9. The van der Waals surface area contributed by atoms with Gasteiger partial charge in [0.2, 0.25) is 0 Å². The summed E-state index contributed by atoms with van der Waals surface area (Å²) in [6.45, 7) is 2.31. The molecule has 1 saturated heterocycles. The maximum Gasteiger partial charge on any atom is 0.408 e. The summed E-state index contributed by atoms with van der Waals surface area (Å²) >= 11 is 0. The zero-order chi connectivity index (χ0) is 10.7. The minimum atomic E-state index is -0.382. The molecule has 15 heavy (non-hydrogen) atoms. The molecule has 0 bridgehead atoms. The average Bonchev–Trinajstić information content (AvgIpc) is 2.58. The lowest BCUT2D eigenvalue weighted by Crippen LogP contribution is -2.37. The van der Waals surface area contributed by atoms with Crippen LogP contribution >= 0.6 is 0 Å². The SMILES string of the molecule is C[C@@]1(/C=C/c2ccccc2)COC(=O)N1. The van der Waals surface area contributed by atoms with Gasteiger partial charge in [0.25, 0.3) is 0 Å². The van der Waals surface area contributed by atoms with E-state index in [1.807, 2.05) is 49.4 Å². The van der Waals surface area contributed by atoms with Crippen LogP contribution in [0, 0.1) is 0 Å². The summed E-state index contributed by atoms with van der Waals surface area (Å²) in [6.07, 6.45) is 3.58. The van der Waals surface area contributed by atoms with Gasteiger partial charge in [0.15, 0.2) is 0 Å². The van der Waals surface area contributed by atoms with Crippen molar-refractivity contribution in [1.29, 1.82) is 0 Å². The van der Waals surface area contributed by atoms with Crippen molar-refractivity contribution in [2.24, 2.45) is 0 Å². The summed E-state index contributed by atoms with van der Waals surface area (Å²) < 4.78 is 4.86. The van der Waals surface area contributed by atoms with Crippen molar-refractivity contribution in [2.45, 2.75) is 12.5 Å². The first-order chi connectivity index (χ1) is 7.18. The molecule has 0 saturated carbocycles. The van der Waals surface area contributed by atoms with Crippen LogP contribution in [0.25, 0.3) is 6.08 Å². The number of hydrogen-bond acceptors (Lipinski definition) is 2. The fourth-order valence-electron chi connectivity index (χ4n) is 1.45. The summed E-state index contributed by atoms with van der Waals surface area (Å²) in [4.78, 5) is 10.9. The predicted molar refractivity (Wildman–Crippen MR) is 58.4 cm³/mol. The zero-order valence-electron chi connectivity index (χ0n) is 8.57. The number of alkyl carbamates (subject to hydrolysis) is 1. The molecule has 0 radical (unpaired) electrons. The van der Waals surface area contributed by atoms with Crippen LogP contribution in [-0.2, 0) is 4.74 Å². The molecular formula is C12H13NO2. The Morgan fingerprint density at radius 2 is 2.13 bits per heavy atom. The summed E-state index contributed by atoms with van der Waals surface area (Å²) in [5, 5.41) is 2.75. The van der Waals surface area contributed by atoms with E-state index in [0.29, 0.717) is 6.61 Å². The Labute approximate surface area is 88.8 Å². The molecule has 1 amide bonds. The molecule has 0 aromatic heterocycles. The van der Waals surface area contributed by atoms with Crippen LogP contribution in [0.15, 0.2) is 36.4 Å². The monoisotopic (exact) mass is 203 g/mol. The highest BCUT2D eigenvalue weighted by Gasteiger charge is 2.31. The van der Waals surface area contributed by atoms with Crippen LogP contribution in [0.3, 0.4) is 0 Å². The van der Waals surface area contributed by atoms with Gasteiger partial charge in [0, 0.05) is 0 Å². The van der Waals surface area contributed by atoms with Gasteiger partial charge < -0.3 is 10.1 Å². The van der Waals surface area contributed by atoms with Crippen LogP contribution in [0.1, 0.15) is 12.5 Å². The molecule has 1 N–H and O–H groups in total. The Morgan fingerprint density at radius 1 is 1.40 bits per heavy atom. The molecular weight excluding hydrogens is 190 g/mol. The molecule has 1 aromatic rings. The van der Waals surface area contributed by atoms with Gasteiger partial charge in [-0.3, -0.25) is 0 Å². The first-order valence-corrected chi connectivity index (χ1v) is 4.87. The number of nitrogens with one attached hydrogen (secondary N) is 1. The van der Waals surface area contributed by atoms with E-state index in [0.717, 1.165) is 5.56 Å². The molecule has 0 unspecified atom stereocenters. The molecule has 1 fully saturated rings. The minimum Gasteiger partial charge on any atom is -0.447 e. The van der Waals surface area contributed by atoms with E-state index in [-0.39, 0.29) is 11.6 Å². The van der Waals surface area contributed by atoms with Crippen LogP contribution in [0.5, 0.6) is 0 Å². The van der Waals surface area contributed by atoms with Gasteiger partial charge in [-0.05, 0) is 12.5 Å². The standard InChI is InChI=1S/C12H13NO2/c1-12(9-15-11(14)13-12)8-7-10-5-3-2-4-6-10/h2-8H,9H2,1H3,(H,13,14)/b8-7+/t12-/m1/s1. The van der Waals surface area contributed by atoms with Crippen molar-refractivity contribution >= 4 is 12.2 Å². The van der Waals surface area contributed by atoms with Gasteiger partial charge in [-0.1, -0.05) is 42.5 Å². The lowest BCUT2D eigenvalue weighted by Gasteiger charge is -2.14. The third kappa shape index (κ3) is 2.37. The van der Waals surface area contributed by atoms with E-state index in [2.05, 4.69) is 5.32 Å². The second kappa shape index (κ2) is 3.77. The molecule has 1 heterocycles. The van der Waals surface area contributed by atoms with E-state index in [9.17, 15) is 4.79 Å². The number of amides is 1. The van der Waals surface area contributed by atoms with Crippen molar-refractivity contribution in [3.63, 3.8) is 0 Å². The molecule has 1 aliphatic rings. The maximum absolute atomic E-state index is 10.9. The second-order valence-electron chi connectivity index (χ2n) is 3.86. The lowest BCUT2D eigenvalue weighted by molar-refractivity contribution is 0.175. The highest BCUT2D eigenvalue weighted by Crippen LogP contribution is 2.15. The lowest BCUT2D eigenvalue weighted by atomic mass is 10.0. The number of cyclic esters (lactones) is 1. The van der Waals surface area contributed by atoms with Gasteiger partial charge in [-0.25, -0.2) is 4.79 Å². The Bertz CT molecular complexity index is 386. The van der Waals surface area contributed by atoms with Crippen LogP contribution in [0.2, 0.25) is 0 Å². The first-order valence-electron chi connectivity index (χ1n) is 4.87. The Hall–Kier alpha value is -1.77. The summed E-state index contributed by atoms with van der Waals surface area (Å²) in [7, 11) is 0. The number of ether oxygens (including phenoxy) is 1. The molecule has 78 valence electrons. The highest BCUT2D eigenvalue weighted by atomic mass is 16.6. The number of carbonyl (C=O) groups excluding carboxylic acids is 1. The number of rotatable bonds is 2. The fraction of sp³-hybridized carbons (Fsp3) is 0.250. The minimum absolute atomic E-state index is 0.352. The molecule has 2 rings (SSSR count). The second-order valence-corrected chi connectivity index (χ2v) is 3.86. The normalized spacial score (nSPS) is 25.3. The van der Waals surface area contributed by atoms with Crippen molar-refractivity contribution in [3.8, 4) is 0 Å². The third-order valence-corrected chi connectivity index (χ3v) is 2.33. The van der Waals surface area contributed by atoms with Crippen molar-refractivity contribution < 1.29 is 9.53 Å². The predicted octanol–water partition coefficient (Wildman–Crippen LogP) is 2.20. The van der Waals surface area contributed by atoms with Crippen molar-refractivity contribution in [1.82, 2.24) is 5.32 Å². The summed E-state index contributed by atoms with van der Waals surface area (Å²) in [5.74, 6) is 0.